The lowest BCUT2D eigenvalue weighted by molar-refractivity contribution is 0.0733. The van der Waals surface area contributed by atoms with E-state index in [-0.39, 0.29) is 11.5 Å². The van der Waals surface area contributed by atoms with Crippen molar-refractivity contribution in [1.29, 1.82) is 0 Å². The van der Waals surface area contributed by atoms with Gasteiger partial charge in [-0.15, -0.1) is 0 Å². The average Bonchev–Trinajstić information content (AvgIpc) is 3.01. The van der Waals surface area contributed by atoms with Crippen LogP contribution < -0.4 is 9.47 Å². The van der Waals surface area contributed by atoms with Gasteiger partial charge in [0.2, 0.25) is 5.78 Å². The third kappa shape index (κ3) is 3.46. The lowest BCUT2D eigenvalue weighted by atomic mass is 10.1. The second kappa shape index (κ2) is 7.40. The van der Waals surface area contributed by atoms with Crippen LogP contribution in [0.2, 0.25) is 0 Å². The summed E-state index contributed by atoms with van der Waals surface area (Å²) >= 11 is 3.41. The summed E-state index contributed by atoms with van der Waals surface area (Å²) < 4.78 is 12.2. The minimum Gasteiger partial charge on any atom is -0.452 e. The van der Waals surface area contributed by atoms with Gasteiger partial charge in [-0.25, -0.2) is 4.79 Å². The first kappa shape index (κ1) is 18.1. The Kier molecular flexibility index (Phi) is 4.79. The van der Waals surface area contributed by atoms with Crippen LogP contribution in [0.5, 0.6) is 11.5 Å². The third-order valence-electron chi connectivity index (χ3n) is 4.30. The zero-order valence-corrected chi connectivity index (χ0v) is 16.4. The molecule has 0 radical (unpaired) electrons. The Morgan fingerprint density at radius 2 is 1.93 bits per heavy atom. The van der Waals surface area contributed by atoms with Crippen molar-refractivity contribution in [2.75, 3.05) is 0 Å². The van der Waals surface area contributed by atoms with Gasteiger partial charge >= 0.3 is 5.97 Å². The summed E-state index contributed by atoms with van der Waals surface area (Å²) in [6, 6.07) is 13.9. The standard InChI is InChI=1S/C22H14BrNO4/c1-13-18(28-22(26)15-7-9-24-10-8-15)6-5-17-20(25)19(27-21(13)17)12-14-3-2-4-16(23)11-14/h2-12H,1H3/b19-12-. The molecule has 0 saturated heterocycles. The number of halogens is 1. The maximum atomic E-state index is 12.7. The molecule has 4 rings (SSSR count). The van der Waals surface area contributed by atoms with Crippen LogP contribution >= 0.6 is 15.9 Å². The van der Waals surface area contributed by atoms with Crippen molar-refractivity contribution >= 4 is 33.8 Å². The van der Waals surface area contributed by atoms with Crippen LogP contribution in [-0.2, 0) is 0 Å². The number of hydrogen-bond donors (Lipinski definition) is 0. The van der Waals surface area contributed by atoms with E-state index < -0.39 is 5.97 Å². The predicted molar refractivity (Wildman–Crippen MR) is 107 cm³/mol. The number of allylic oxidation sites excluding steroid dienone is 1. The van der Waals surface area contributed by atoms with E-state index in [9.17, 15) is 9.59 Å². The summed E-state index contributed by atoms with van der Waals surface area (Å²) in [4.78, 5) is 28.8. The Morgan fingerprint density at radius 1 is 1.14 bits per heavy atom. The molecule has 28 heavy (non-hydrogen) atoms. The molecule has 138 valence electrons. The molecule has 0 spiro atoms. The molecular formula is C22H14BrNO4. The Bertz CT molecular complexity index is 1120. The Hall–Kier alpha value is -3.25. The summed E-state index contributed by atoms with van der Waals surface area (Å²) in [5.41, 5.74) is 2.27. The van der Waals surface area contributed by atoms with Gasteiger partial charge < -0.3 is 9.47 Å². The smallest absolute Gasteiger partial charge is 0.343 e. The normalized spacial score (nSPS) is 13.9. The second-order valence-corrected chi connectivity index (χ2v) is 7.10. The van der Waals surface area contributed by atoms with Crippen molar-refractivity contribution in [2.45, 2.75) is 6.92 Å². The minimum absolute atomic E-state index is 0.204. The van der Waals surface area contributed by atoms with E-state index in [4.69, 9.17) is 9.47 Å². The molecule has 0 amide bonds. The van der Waals surface area contributed by atoms with Crippen molar-refractivity contribution in [1.82, 2.24) is 4.98 Å². The highest BCUT2D eigenvalue weighted by atomic mass is 79.9. The van der Waals surface area contributed by atoms with E-state index in [0.717, 1.165) is 10.0 Å². The van der Waals surface area contributed by atoms with Gasteiger partial charge in [-0.05, 0) is 55.0 Å². The highest BCUT2D eigenvalue weighted by Crippen LogP contribution is 2.39. The third-order valence-corrected chi connectivity index (χ3v) is 4.79. The first-order valence-electron chi connectivity index (χ1n) is 8.48. The Morgan fingerprint density at radius 3 is 2.68 bits per heavy atom. The summed E-state index contributed by atoms with van der Waals surface area (Å²) in [5, 5.41) is 0. The molecule has 2 aromatic carbocycles. The van der Waals surface area contributed by atoms with Gasteiger partial charge in [0.15, 0.2) is 5.76 Å². The zero-order valence-electron chi connectivity index (χ0n) is 14.8. The fraction of sp³-hybridized carbons (Fsp3) is 0.0455. The highest BCUT2D eigenvalue weighted by Gasteiger charge is 2.30. The van der Waals surface area contributed by atoms with Crippen LogP contribution in [0, 0.1) is 6.92 Å². The van der Waals surface area contributed by atoms with Gasteiger partial charge in [0.05, 0.1) is 11.1 Å². The van der Waals surface area contributed by atoms with Crippen molar-refractivity contribution < 1.29 is 19.1 Å². The van der Waals surface area contributed by atoms with Crippen LogP contribution in [0.15, 0.2) is 71.2 Å². The fourth-order valence-electron chi connectivity index (χ4n) is 2.87. The number of carbonyl (C=O) groups excluding carboxylic acids is 2. The van der Waals surface area contributed by atoms with E-state index in [0.29, 0.717) is 28.2 Å². The lowest BCUT2D eigenvalue weighted by Gasteiger charge is -2.10. The molecule has 2 heterocycles. The number of benzene rings is 2. The van der Waals surface area contributed by atoms with E-state index in [1.165, 1.54) is 12.4 Å². The van der Waals surface area contributed by atoms with Crippen LogP contribution in [0.3, 0.4) is 0 Å². The number of pyridine rings is 1. The number of ketones is 1. The number of hydrogen-bond acceptors (Lipinski definition) is 5. The number of carbonyl (C=O) groups is 2. The molecule has 5 nitrogen and oxygen atoms in total. The Labute approximate surface area is 169 Å². The molecule has 0 fully saturated rings. The average molecular weight is 436 g/mol. The number of nitrogens with zero attached hydrogens (tertiary/aromatic N) is 1. The van der Waals surface area contributed by atoms with Gasteiger partial charge in [0, 0.05) is 22.4 Å². The van der Waals surface area contributed by atoms with Gasteiger partial charge in [-0.3, -0.25) is 9.78 Å². The number of rotatable bonds is 3. The quantitative estimate of drug-likeness (QED) is 0.329. The first-order valence-corrected chi connectivity index (χ1v) is 9.28. The van der Waals surface area contributed by atoms with E-state index >= 15 is 0 Å². The summed E-state index contributed by atoms with van der Waals surface area (Å²) in [6.45, 7) is 1.75. The summed E-state index contributed by atoms with van der Waals surface area (Å²) in [7, 11) is 0. The molecule has 0 N–H and O–H groups in total. The zero-order chi connectivity index (χ0) is 19.7. The molecule has 3 aromatic rings. The van der Waals surface area contributed by atoms with Crippen molar-refractivity contribution in [2.24, 2.45) is 0 Å². The van der Waals surface area contributed by atoms with Gasteiger partial charge in [0.25, 0.3) is 0 Å². The maximum absolute atomic E-state index is 12.7. The van der Waals surface area contributed by atoms with Crippen LogP contribution in [-0.4, -0.2) is 16.7 Å². The molecule has 0 unspecified atom stereocenters. The number of fused-ring (bicyclic) bond motifs is 1. The van der Waals surface area contributed by atoms with E-state index in [1.54, 1.807) is 37.3 Å². The van der Waals surface area contributed by atoms with Gasteiger partial charge in [0.1, 0.15) is 11.5 Å². The predicted octanol–water partition coefficient (Wildman–Crippen LogP) is 4.99. The second-order valence-electron chi connectivity index (χ2n) is 6.19. The molecular weight excluding hydrogens is 422 g/mol. The Balaban J connectivity index is 1.63. The molecule has 1 aliphatic heterocycles. The first-order chi connectivity index (χ1) is 13.5. The summed E-state index contributed by atoms with van der Waals surface area (Å²) in [6.07, 6.45) is 4.73. The monoisotopic (exact) mass is 435 g/mol. The van der Waals surface area contributed by atoms with Crippen LogP contribution in [0.25, 0.3) is 6.08 Å². The van der Waals surface area contributed by atoms with Crippen LogP contribution in [0.4, 0.5) is 0 Å². The largest absolute Gasteiger partial charge is 0.452 e. The lowest BCUT2D eigenvalue weighted by Crippen LogP contribution is -2.09. The van der Waals surface area contributed by atoms with Crippen LogP contribution in [0.1, 0.15) is 31.8 Å². The fourth-order valence-corrected chi connectivity index (χ4v) is 3.29. The molecule has 0 saturated carbocycles. The number of aromatic nitrogens is 1. The molecule has 1 aromatic heterocycles. The molecule has 0 aliphatic carbocycles. The van der Waals surface area contributed by atoms with E-state index in [2.05, 4.69) is 20.9 Å². The molecule has 6 heteroatoms. The van der Waals surface area contributed by atoms with Gasteiger partial charge in [-0.2, -0.15) is 0 Å². The topological polar surface area (TPSA) is 65.5 Å². The number of ether oxygens (including phenoxy) is 2. The molecule has 1 aliphatic rings. The number of Topliss-reactive ketones (excluding diaryl/α,β-unsaturated/α-hetero) is 1. The van der Waals surface area contributed by atoms with Gasteiger partial charge in [-0.1, -0.05) is 28.1 Å². The minimum atomic E-state index is -0.500. The van der Waals surface area contributed by atoms with Crippen molar-refractivity contribution in [3.8, 4) is 11.5 Å². The number of esters is 1. The molecule has 0 bridgehead atoms. The van der Waals surface area contributed by atoms with E-state index in [1.807, 2.05) is 24.3 Å². The SMILES string of the molecule is Cc1c(OC(=O)c2ccncc2)ccc2c1O/C(=C\c1cccc(Br)c1)C2=O. The molecule has 0 atom stereocenters. The van der Waals surface area contributed by atoms with Crippen molar-refractivity contribution in [3.63, 3.8) is 0 Å². The summed E-state index contributed by atoms with van der Waals surface area (Å²) in [5.74, 6) is 0.280. The maximum Gasteiger partial charge on any atom is 0.343 e. The highest BCUT2D eigenvalue weighted by molar-refractivity contribution is 9.10. The van der Waals surface area contributed by atoms with Crippen molar-refractivity contribution in [3.05, 3.63) is 93.4 Å².